The van der Waals surface area contributed by atoms with E-state index in [1.807, 2.05) is 67.6 Å². The van der Waals surface area contributed by atoms with Crippen molar-refractivity contribution in [3.63, 3.8) is 0 Å². The number of aliphatic imine (C=N–C) groups is 1. The molecule has 0 fully saturated rings. The fourth-order valence-corrected chi connectivity index (χ4v) is 3.24. The summed E-state index contributed by atoms with van der Waals surface area (Å²) < 4.78 is 5.80. The molecule has 0 aliphatic carbocycles. The number of rotatable bonds is 5. The van der Waals surface area contributed by atoms with Crippen molar-refractivity contribution in [2.75, 3.05) is 0 Å². The maximum Gasteiger partial charge on any atom is 0.126 e. The van der Waals surface area contributed by atoms with E-state index in [1.165, 1.54) is 10.5 Å². The highest BCUT2D eigenvalue weighted by Crippen LogP contribution is 2.29. The molecule has 3 heteroatoms. The van der Waals surface area contributed by atoms with Crippen molar-refractivity contribution in [1.29, 1.82) is 0 Å². The van der Waals surface area contributed by atoms with Crippen LogP contribution in [0.15, 0.2) is 107 Å². The minimum Gasteiger partial charge on any atom is -0.465 e. The molecular weight excluding hydrogens is 338 g/mol. The summed E-state index contributed by atoms with van der Waals surface area (Å²) in [6, 6.07) is 28.1. The van der Waals surface area contributed by atoms with Gasteiger partial charge in [-0.3, -0.25) is 0 Å². The van der Waals surface area contributed by atoms with Crippen LogP contribution in [0.3, 0.4) is 0 Å². The summed E-state index contributed by atoms with van der Waals surface area (Å²) in [4.78, 5) is 6.03. The van der Waals surface area contributed by atoms with Gasteiger partial charge in [0.25, 0.3) is 0 Å². The molecule has 3 aromatic rings. The lowest BCUT2D eigenvalue weighted by atomic mass is 10.2. The van der Waals surface area contributed by atoms with Gasteiger partial charge in [0.15, 0.2) is 0 Å². The Morgan fingerprint density at radius 1 is 0.846 bits per heavy atom. The molecule has 0 aliphatic rings. The minimum atomic E-state index is 0.812. The van der Waals surface area contributed by atoms with Gasteiger partial charge in [0.2, 0.25) is 0 Å². The molecule has 3 aromatic carbocycles. The Hall–Kier alpha value is -2.78. The summed E-state index contributed by atoms with van der Waals surface area (Å²) in [5.74, 6) is 0.812. The molecule has 26 heavy (non-hydrogen) atoms. The van der Waals surface area contributed by atoms with Crippen LogP contribution in [0.5, 0.6) is 5.75 Å². The van der Waals surface area contributed by atoms with Crippen molar-refractivity contribution in [2.45, 2.75) is 18.7 Å². The van der Waals surface area contributed by atoms with E-state index in [0.717, 1.165) is 22.1 Å². The summed E-state index contributed by atoms with van der Waals surface area (Å²) in [6.45, 7) is 4.14. The van der Waals surface area contributed by atoms with Gasteiger partial charge in [0.05, 0.1) is 11.9 Å². The van der Waals surface area contributed by atoms with Crippen molar-refractivity contribution >= 4 is 22.5 Å². The normalized spacial score (nSPS) is 12.1. The Bertz CT molecular complexity index is 902. The Labute approximate surface area is 159 Å². The topological polar surface area (TPSA) is 21.6 Å². The average molecular weight is 359 g/mol. The van der Waals surface area contributed by atoms with Gasteiger partial charge >= 0.3 is 0 Å². The lowest BCUT2D eigenvalue weighted by molar-refractivity contribution is 0.478. The van der Waals surface area contributed by atoms with Crippen LogP contribution >= 0.6 is 11.8 Å². The SMILES string of the molecule is CC(=COc1ccccc1)C(=Nc1ccccc1)Sc1ccccc1C. The highest BCUT2D eigenvalue weighted by atomic mass is 32.2. The van der Waals surface area contributed by atoms with E-state index < -0.39 is 0 Å². The molecule has 0 unspecified atom stereocenters. The first-order valence-corrected chi connectivity index (χ1v) is 9.30. The third-order valence-corrected chi connectivity index (χ3v) is 5.02. The third kappa shape index (κ3) is 5.11. The minimum absolute atomic E-state index is 0.812. The molecule has 0 N–H and O–H groups in total. The number of benzene rings is 3. The molecule has 130 valence electrons. The number of thioether (sulfide) groups is 1. The summed E-state index contributed by atoms with van der Waals surface area (Å²) in [5.41, 5.74) is 3.14. The maximum absolute atomic E-state index is 5.80. The molecule has 0 amide bonds. The summed E-state index contributed by atoms with van der Waals surface area (Å²) >= 11 is 1.66. The van der Waals surface area contributed by atoms with Crippen molar-refractivity contribution in [3.8, 4) is 5.75 Å². The molecule has 0 bridgehead atoms. The van der Waals surface area contributed by atoms with E-state index in [2.05, 4.69) is 31.2 Å². The molecule has 0 aliphatic heterocycles. The zero-order valence-electron chi connectivity index (χ0n) is 14.9. The van der Waals surface area contributed by atoms with Crippen molar-refractivity contribution in [3.05, 3.63) is 102 Å². The zero-order chi connectivity index (χ0) is 18.2. The molecule has 0 aromatic heterocycles. The third-order valence-electron chi connectivity index (χ3n) is 3.74. The quantitative estimate of drug-likeness (QED) is 0.216. The van der Waals surface area contributed by atoms with Gasteiger partial charge in [-0.05, 0) is 49.7 Å². The molecule has 0 spiro atoms. The second-order valence-corrected chi connectivity index (χ2v) is 6.88. The second kappa shape index (κ2) is 9.07. The number of aryl methyl sites for hydroxylation is 1. The predicted octanol–water partition coefficient (Wildman–Crippen LogP) is 6.80. The van der Waals surface area contributed by atoms with E-state index in [-0.39, 0.29) is 0 Å². The maximum atomic E-state index is 5.80. The van der Waals surface area contributed by atoms with Crippen LogP contribution in [0.25, 0.3) is 0 Å². The number of nitrogens with zero attached hydrogens (tertiary/aromatic N) is 1. The van der Waals surface area contributed by atoms with Gasteiger partial charge in [-0.2, -0.15) is 0 Å². The molecular formula is C23H21NOS. The van der Waals surface area contributed by atoms with Crippen LogP contribution in [-0.2, 0) is 0 Å². The first kappa shape index (κ1) is 18.0. The van der Waals surface area contributed by atoms with Crippen LogP contribution in [0.1, 0.15) is 12.5 Å². The molecule has 0 saturated heterocycles. The fraction of sp³-hybridized carbons (Fsp3) is 0.0870. The van der Waals surface area contributed by atoms with E-state index in [0.29, 0.717) is 0 Å². The molecule has 2 nitrogen and oxygen atoms in total. The second-order valence-electron chi connectivity index (χ2n) is 5.85. The number of hydrogen-bond acceptors (Lipinski definition) is 3. The van der Waals surface area contributed by atoms with Crippen LogP contribution < -0.4 is 4.74 Å². The van der Waals surface area contributed by atoms with Crippen molar-refractivity contribution in [1.82, 2.24) is 0 Å². The van der Waals surface area contributed by atoms with Gasteiger partial charge in [0.1, 0.15) is 10.8 Å². The van der Waals surface area contributed by atoms with Crippen molar-refractivity contribution in [2.24, 2.45) is 4.99 Å². The Morgan fingerprint density at radius 2 is 1.46 bits per heavy atom. The van der Waals surface area contributed by atoms with E-state index in [1.54, 1.807) is 18.0 Å². The summed E-state index contributed by atoms with van der Waals surface area (Å²) in [7, 11) is 0. The number of para-hydroxylation sites is 2. The Kier molecular flexibility index (Phi) is 6.29. The summed E-state index contributed by atoms with van der Waals surface area (Å²) in [5, 5.41) is 0.918. The highest BCUT2D eigenvalue weighted by molar-refractivity contribution is 8.14. The molecule has 0 saturated carbocycles. The van der Waals surface area contributed by atoms with Gasteiger partial charge in [-0.15, -0.1) is 0 Å². The van der Waals surface area contributed by atoms with Crippen molar-refractivity contribution < 1.29 is 4.74 Å². The van der Waals surface area contributed by atoms with E-state index in [9.17, 15) is 0 Å². The monoisotopic (exact) mass is 359 g/mol. The zero-order valence-corrected chi connectivity index (χ0v) is 15.7. The van der Waals surface area contributed by atoms with Gasteiger partial charge in [0, 0.05) is 10.5 Å². The first-order chi connectivity index (χ1) is 12.7. The number of ether oxygens (including phenoxy) is 1. The molecule has 0 heterocycles. The van der Waals surface area contributed by atoms with Crippen LogP contribution in [0.4, 0.5) is 5.69 Å². The van der Waals surface area contributed by atoms with Gasteiger partial charge in [-0.1, -0.05) is 66.4 Å². The van der Waals surface area contributed by atoms with Crippen LogP contribution in [0, 0.1) is 6.92 Å². The standard InChI is InChI=1S/C23H21NOS/c1-18-11-9-10-16-22(18)26-23(24-20-12-5-3-6-13-20)19(2)17-25-21-14-7-4-8-15-21/h3-17H,1-2H3. The Balaban J connectivity index is 1.89. The number of hydrogen-bond donors (Lipinski definition) is 0. The lowest BCUT2D eigenvalue weighted by Crippen LogP contribution is -1.98. The van der Waals surface area contributed by atoms with E-state index >= 15 is 0 Å². The lowest BCUT2D eigenvalue weighted by Gasteiger charge is -2.10. The molecule has 0 radical (unpaired) electrons. The van der Waals surface area contributed by atoms with Gasteiger partial charge in [-0.25, -0.2) is 4.99 Å². The highest BCUT2D eigenvalue weighted by Gasteiger charge is 2.09. The molecule has 0 atom stereocenters. The van der Waals surface area contributed by atoms with Crippen LogP contribution in [0.2, 0.25) is 0 Å². The Morgan fingerprint density at radius 3 is 2.15 bits per heavy atom. The van der Waals surface area contributed by atoms with Crippen LogP contribution in [-0.4, -0.2) is 5.04 Å². The largest absolute Gasteiger partial charge is 0.465 e. The van der Waals surface area contributed by atoms with Gasteiger partial charge < -0.3 is 4.74 Å². The fourth-order valence-electron chi connectivity index (χ4n) is 2.29. The van der Waals surface area contributed by atoms with E-state index in [4.69, 9.17) is 9.73 Å². The molecule has 3 rings (SSSR count). The smallest absolute Gasteiger partial charge is 0.126 e. The first-order valence-electron chi connectivity index (χ1n) is 8.48. The summed E-state index contributed by atoms with van der Waals surface area (Å²) in [6.07, 6.45) is 1.77. The predicted molar refractivity (Wildman–Crippen MR) is 111 cm³/mol. The average Bonchev–Trinajstić information content (AvgIpc) is 2.69.